The Labute approximate surface area is 197 Å². The minimum Gasteiger partial charge on any atom is -0.358 e. The maximum absolute atomic E-state index is 6.94. The third kappa shape index (κ3) is 34.7. The van der Waals surface area contributed by atoms with Crippen molar-refractivity contribution < 1.29 is 24.4 Å². The van der Waals surface area contributed by atoms with Crippen molar-refractivity contribution in [1.82, 2.24) is 0 Å². The molecule has 0 heterocycles. The molecule has 0 saturated carbocycles. The summed E-state index contributed by atoms with van der Waals surface area (Å²) >= 11 is 1.75. The average Bonchev–Trinajstić information content (AvgIpc) is 2.63. The van der Waals surface area contributed by atoms with E-state index in [4.69, 9.17) is 10.2 Å². The molecule has 27 heavy (non-hydrogen) atoms. The van der Waals surface area contributed by atoms with Gasteiger partial charge < -0.3 is 24.5 Å². The largest absolute Gasteiger partial charge is 0.358 e. The number of hydrogen-bond acceptors (Lipinski definition) is 1. The molecule has 0 aromatic rings. The van der Waals surface area contributed by atoms with Crippen molar-refractivity contribution in [2.75, 3.05) is 6.61 Å². The Kier molecular flexibility index (Phi) is 33.4. The van der Waals surface area contributed by atoms with Crippen LogP contribution >= 0.6 is 24.8 Å². The van der Waals surface area contributed by atoms with Crippen LogP contribution < -0.4 is 0 Å². The zero-order valence-electron chi connectivity index (χ0n) is 19.6. The molecule has 0 saturated heterocycles. The van der Waals surface area contributed by atoms with Crippen LogP contribution in [0.4, 0.5) is 0 Å². The molecular formula is C21H45Cl2NOSiTi-4. The smallest absolute Gasteiger partial charge is 0.358 e. The van der Waals surface area contributed by atoms with Gasteiger partial charge >= 0.3 is 24.8 Å². The molecular weight excluding hydrogens is 429 g/mol. The summed E-state index contributed by atoms with van der Waals surface area (Å²) in [6, 6.07) is 0. The Bertz CT molecular complexity index is 394. The second-order valence-corrected chi connectivity index (χ2v) is 12.4. The number of nitrogens with one attached hydrogen (secondary N) is 1. The molecule has 0 bridgehead atoms. The second kappa shape index (κ2) is 21.5. The van der Waals surface area contributed by atoms with Gasteiger partial charge in [-0.2, -0.15) is 17.6 Å². The van der Waals surface area contributed by atoms with Gasteiger partial charge in [-0.15, -0.1) is 37.3 Å². The van der Waals surface area contributed by atoms with Gasteiger partial charge in [0.25, 0.3) is 0 Å². The van der Waals surface area contributed by atoms with Gasteiger partial charge in [-0.05, 0) is 19.6 Å². The molecule has 1 aliphatic carbocycles. The zero-order valence-corrected chi connectivity index (χ0v) is 23.8. The summed E-state index contributed by atoms with van der Waals surface area (Å²) in [5.74, 6) is 0.560. The van der Waals surface area contributed by atoms with Crippen LogP contribution in [0.15, 0.2) is 16.7 Å². The molecule has 0 radical (unpaired) electrons. The van der Waals surface area contributed by atoms with E-state index in [-0.39, 0.29) is 37.8 Å². The van der Waals surface area contributed by atoms with Gasteiger partial charge in [0.2, 0.25) is 0 Å². The van der Waals surface area contributed by atoms with Crippen molar-refractivity contribution in [3.63, 3.8) is 0 Å². The van der Waals surface area contributed by atoms with Crippen LogP contribution in [-0.2, 0) is 24.4 Å². The van der Waals surface area contributed by atoms with Gasteiger partial charge in [-0.25, -0.2) is 5.57 Å². The Morgan fingerprint density at radius 2 is 1.48 bits per heavy atom. The molecule has 0 spiro atoms. The fourth-order valence-electron chi connectivity index (χ4n) is 1.54. The Hall–Kier alpha value is 0.781. The first-order valence-electron chi connectivity index (χ1n) is 8.50. The van der Waals surface area contributed by atoms with Gasteiger partial charge in [0.05, 0.1) is 0 Å². The predicted molar refractivity (Wildman–Crippen MR) is 131 cm³/mol. The first kappa shape index (κ1) is 42.0. The molecule has 166 valence electrons. The Morgan fingerprint density at radius 1 is 1.15 bits per heavy atom. The molecule has 0 aliphatic heterocycles. The van der Waals surface area contributed by atoms with E-state index in [1.54, 1.807) is 20.0 Å². The maximum Gasteiger partial charge on any atom is -0.358 e. The van der Waals surface area contributed by atoms with Crippen LogP contribution in [0.2, 0.25) is 19.6 Å². The maximum atomic E-state index is 6.94. The van der Waals surface area contributed by atoms with Gasteiger partial charge in [-0.3, -0.25) is 6.08 Å². The van der Waals surface area contributed by atoms with Crippen LogP contribution in [0.5, 0.6) is 0 Å². The van der Waals surface area contributed by atoms with E-state index in [1.807, 2.05) is 20.8 Å². The molecule has 2 nitrogen and oxygen atoms in total. The van der Waals surface area contributed by atoms with Gasteiger partial charge in [0, 0.05) is 6.61 Å². The van der Waals surface area contributed by atoms with Crippen LogP contribution in [0.1, 0.15) is 54.9 Å². The van der Waals surface area contributed by atoms with Crippen LogP contribution in [0, 0.1) is 26.3 Å². The monoisotopic (exact) mass is 473 g/mol. The Morgan fingerprint density at radius 3 is 1.56 bits per heavy atom. The predicted octanol–water partition coefficient (Wildman–Crippen LogP) is 7.88. The fraction of sp³-hybridized carbons (Fsp3) is 0.667. The number of rotatable bonds is 3. The van der Waals surface area contributed by atoms with E-state index in [9.17, 15) is 0 Å². The van der Waals surface area contributed by atoms with E-state index < -0.39 is 8.32 Å². The summed E-state index contributed by atoms with van der Waals surface area (Å²) in [6.45, 7) is 25.3. The topological polar surface area (TPSA) is 33.0 Å². The summed E-state index contributed by atoms with van der Waals surface area (Å²) in [7, 11) is -1.22. The molecule has 1 N–H and O–H groups in total. The van der Waals surface area contributed by atoms with Crippen LogP contribution in [0.25, 0.3) is 5.73 Å². The van der Waals surface area contributed by atoms with E-state index in [1.165, 1.54) is 16.7 Å². The molecule has 1 aliphatic rings. The summed E-state index contributed by atoms with van der Waals surface area (Å²) in [5, 5.41) is 0. The Balaban J connectivity index is -0.0000000572. The molecule has 0 aromatic heterocycles. The van der Waals surface area contributed by atoms with Crippen LogP contribution in [-0.4, -0.2) is 25.3 Å². The van der Waals surface area contributed by atoms with Crippen LogP contribution in [0.3, 0.4) is 0 Å². The van der Waals surface area contributed by atoms with E-state index in [2.05, 4.69) is 65.2 Å². The minimum absolute atomic E-state index is 0. The second-order valence-electron chi connectivity index (χ2n) is 7.86. The van der Waals surface area contributed by atoms with Crippen molar-refractivity contribution in [3.05, 3.63) is 42.9 Å². The number of halogens is 2. The van der Waals surface area contributed by atoms with Gasteiger partial charge in [0.1, 0.15) is 0 Å². The quantitative estimate of drug-likeness (QED) is 0.303. The summed E-state index contributed by atoms with van der Waals surface area (Å²) in [6.07, 6.45) is 4.25. The first-order chi connectivity index (χ1) is 10.7. The van der Waals surface area contributed by atoms with Crippen molar-refractivity contribution >= 4 is 37.9 Å². The first-order valence-corrected chi connectivity index (χ1v) is 13.0. The minimum atomic E-state index is -1.22. The average molecular weight is 474 g/mol. The van der Waals surface area contributed by atoms with Gasteiger partial charge in [0.15, 0.2) is 8.32 Å². The molecule has 1 unspecified atom stereocenters. The third-order valence-electron chi connectivity index (χ3n) is 2.92. The van der Waals surface area contributed by atoms with Crippen molar-refractivity contribution in [1.29, 1.82) is 0 Å². The molecule has 1 rings (SSSR count). The molecule has 0 aromatic carbocycles. The molecule has 0 amide bonds. The third-order valence-corrected chi connectivity index (χ3v) is 3.99. The van der Waals surface area contributed by atoms with Crippen molar-refractivity contribution in [2.45, 2.75) is 80.1 Å². The van der Waals surface area contributed by atoms with E-state index in [0.717, 1.165) is 13.0 Å². The zero-order chi connectivity index (χ0) is 20.1. The molecule has 0 fully saturated rings. The van der Waals surface area contributed by atoms with E-state index >= 15 is 0 Å². The summed E-state index contributed by atoms with van der Waals surface area (Å²) < 4.78 is 5.45. The van der Waals surface area contributed by atoms with Crippen molar-refractivity contribution in [2.24, 2.45) is 5.92 Å². The molecule has 6 heteroatoms. The number of allylic oxidation sites excluding steroid dienone is 4. The standard InChI is InChI=1S/C9H13.C6H15OSi.C4H10N.CH3.CH2.2ClH.Ti/c1-6-5-7(2)9(4)8(6)3;1-5-6-7-8(2,3)4;1-4(2,3)5;;;;;/h6H,1-4H3;1,5-6H2,2-4H3;5H,1-3H3;1H3;1H2;2*1H;/q4*-1;;;;. The molecule has 1 atom stereocenters. The van der Waals surface area contributed by atoms with E-state index in [0.29, 0.717) is 5.92 Å². The normalized spacial score (nSPS) is 14.9. The van der Waals surface area contributed by atoms with Crippen molar-refractivity contribution in [3.8, 4) is 0 Å². The summed E-state index contributed by atoms with van der Waals surface area (Å²) in [4.78, 5) is 3.25. The van der Waals surface area contributed by atoms with Gasteiger partial charge in [-0.1, -0.05) is 47.5 Å². The summed E-state index contributed by atoms with van der Waals surface area (Å²) in [5.41, 5.74) is 10.9. The SMILES string of the molecule is CC(C)(C)[NH-].CC1=[C-]C(C)C(C)=C1C.Cl.Cl.[CH2-]CCO[Si](C)(C)C.[CH2]=[Ti].[CH3-]. The fourth-order valence-corrected chi connectivity index (χ4v) is 2.30. The number of hydrogen-bond donors (Lipinski definition) is 0.